The van der Waals surface area contributed by atoms with E-state index in [0.717, 1.165) is 17.1 Å². The fourth-order valence-corrected chi connectivity index (χ4v) is 2.85. The molecule has 5 nitrogen and oxygen atoms in total. The molecular formula is C18H18Cl2N2O3. The summed E-state index contributed by atoms with van der Waals surface area (Å²) in [6.45, 7) is 2.67. The van der Waals surface area contributed by atoms with Gasteiger partial charge in [0.1, 0.15) is 0 Å². The smallest absolute Gasteiger partial charge is 0.241 e. The van der Waals surface area contributed by atoms with Crippen molar-refractivity contribution in [3.05, 3.63) is 52.0 Å². The summed E-state index contributed by atoms with van der Waals surface area (Å²) >= 11 is 12.1. The predicted octanol–water partition coefficient (Wildman–Crippen LogP) is 4.18. The molecule has 0 aliphatic carbocycles. The summed E-state index contributed by atoms with van der Waals surface area (Å²) < 4.78 is 10.7. The molecule has 0 saturated heterocycles. The zero-order chi connectivity index (χ0) is 18.0. The Bertz CT molecular complexity index is 798. The maximum absolute atomic E-state index is 12.5. The highest BCUT2D eigenvalue weighted by molar-refractivity contribution is 6.44. The number of halogens is 2. The molecule has 1 aliphatic heterocycles. The minimum atomic E-state index is -0.361. The maximum atomic E-state index is 12.5. The quantitative estimate of drug-likeness (QED) is 0.844. The normalized spacial score (nSPS) is 13.8. The Morgan fingerprint density at radius 3 is 2.80 bits per heavy atom. The largest absolute Gasteiger partial charge is 0.454 e. The zero-order valence-electron chi connectivity index (χ0n) is 13.9. The summed E-state index contributed by atoms with van der Waals surface area (Å²) in [5.41, 5.74) is 1.54. The van der Waals surface area contributed by atoms with E-state index in [2.05, 4.69) is 5.32 Å². The van der Waals surface area contributed by atoms with Gasteiger partial charge in [-0.2, -0.15) is 0 Å². The third kappa shape index (κ3) is 4.00. The molecule has 1 amide bonds. The Morgan fingerprint density at radius 1 is 1.24 bits per heavy atom. The number of carbonyl (C=O) groups is 1. The van der Waals surface area contributed by atoms with Crippen molar-refractivity contribution in [2.45, 2.75) is 19.5 Å². The first kappa shape index (κ1) is 17.9. The lowest BCUT2D eigenvalue weighted by Crippen LogP contribution is -2.39. The van der Waals surface area contributed by atoms with Crippen LogP contribution in [0.1, 0.15) is 12.5 Å². The first-order valence-electron chi connectivity index (χ1n) is 7.79. The van der Waals surface area contributed by atoms with Crippen LogP contribution in [0.2, 0.25) is 10.0 Å². The number of carbonyl (C=O) groups excluding carboxylic acids is 1. The number of ether oxygens (including phenoxy) is 2. The molecule has 1 unspecified atom stereocenters. The Balaban J connectivity index is 1.64. The van der Waals surface area contributed by atoms with E-state index in [1.165, 1.54) is 0 Å². The molecule has 1 atom stereocenters. The van der Waals surface area contributed by atoms with Gasteiger partial charge in [0.05, 0.1) is 21.8 Å². The minimum absolute atomic E-state index is 0.160. The molecule has 1 aliphatic rings. The fraction of sp³-hybridized carbons (Fsp3) is 0.278. The van der Waals surface area contributed by atoms with E-state index in [1.54, 1.807) is 18.2 Å². The lowest BCUT2D eigenvalue weighted by molar-refractivity contribution is -0.120. The van der Waals surface area contributed by atoms with Crippen molar-refractivity contribution < 1.29 is 14.3 Å². The lowest BCUT2D eigenvalue weighted by atomic mass is 10.1. The molecule has 0 bridgehead atoms. The number of fused-ring (bicyclic) bond motifs is 1. The Morgan fingerprint density at radius 2 is 2.00 bits per heavy atom. The van der Waals surface area contributed by atoms with Crippen molar-refractivity contribution in [3.63, 3.8) is 0 Å². The predicted molar refractivity (Wildman–Crippen MR) is 98.6 cm³/mol. The highest BCUT2D eigenvalue weighted by Crippen LogP contribution is 2.33. The van der Waals surface area contributed by atoms with E-state index in [-0.39, 0.29) is 18.7 Å². The SMILES string of the molecule is CC(C(=O)Nc1cccc(Cl)c1Cl)N(C)Cc1ccc2c(c1)OCO2. The van der Waals surface area contributed by atoms with Crippen LogP contribution in [-0.2, 0) is 11.3 Å². The summed E-state index contributed by atoms with van der Waals surface area (Å²) in [5.74, 6) is 1.31. The molecule has 0 spiro atoms. The van der Waals surface area contributed by atoms with E-state index in [0.29, 0.717) is 22.3 Å². The van der Waals surface area contributed by atoms with Gasteiger partial charge in [0.15, 0.2) is 11.5 Å². The molecule has 1 N–H and O–H groups in total. The van der Waals surface area contributed by atoms with E-state index in [1.807, 2.05) is 37.1 Å². The number of anilines is 1. The summed E-state index contributed by atoms with van der Waals surface area (Å²) in [6, 6.07) is 10.5. The Labute approximate surface area is 156 Å². The second kappa shape index (κ2) is 7.52. The molecule has 25 heavy (non-hydrogen) atoms. The molecule has 2 aromatic carbocycles. The van der Waals surface area contributed by atoms with Crippen LogP contribution in [0.5, 0.6) is 11.5 Å². The molecule has 0 fully saturated rings. The van der Waals surface area contributed by atoms with Crippen LogP contribution >= 0.6 is 23.2 Å². The van der Waals surface area contributed by atoms with Crippen LogP contribution in [0.25, 0.3) is 0 Å². The van der Waals surface area contributed by atoms with E-state index in [9.17, 15) is 4.79 Å². The Kier molecular flexibility index (Phi) is 5.37. The van der Waals surface area contributed by atoms with Gasteiger partial charge < -0.3 is 14.8 Å². The lowest BCUT2D eigenvalue weighted by Gasteiger charge is -2.24. The molecular weight excluding hydrogens is 363 g/mol. The molecule has 3 rings (SSSR count). The number of hydrogen-bond donors (Lipinski definition) is 1. The second-order valence-corrected chi connectivity index (χ2v) is 6.65. The van der Waals surface area contributed by atoms with Gasteiger partial charge in [0.25, 0.3) is 0 Å². The van der Waals surface area contributed by atoms with Crippen LogP contribution in [-0.4, -0.2) is 30.7 Å². The summed E-state index contributed by atoms with van der Waals surface area (Å²) in [4.78, 5) is 14.4. The number of hydrogen-bond acceptors (Lipinski definition) is 4. The molecule has 1 heterocycles. The number of likely N-dealkylation sites (N-methyl/N-ethyl adjacent to an activating group) is 1. The third-order valence-electron chi connectivity index (χ3n) is 4.12. The van der Waals surface area contributed by atoms with Crippen LogP contribution in [0, 0.1) is 0 Å². The average molecular weight is 381 g/mol. The fourth-order valence-electron chi connectivity index (χ4n) is 2.50. The van der Waals surface area contributed by atoms with Gasteiger partial charge in [0, 0.05) is 6.54 Å². The number of amides is 1. The van der Waals surface area contributed by atoms with Crippen LogP contribution in [0.3, 0.4) is 0 Å². The summed E-state index contributed by atoms with van der Waals surface area (Å²) in [5, 5.41) is 3.56. The van der Waals surface area contributed by atoms with Gasteiger partial charge in [-0.05, 0) is 43.8 Å². The standard InChI is InChI=1S/C18H18Cl2N2O3/c1-11(18(23)21-14-5-3-4-13(19)17(14)20)22(2)9-12-6-7-15-16(8-12)25-10-24-15/h3-8,11H,9-10H2,1-2H3,(H,21,23). The van der Waals surface area contributed by atoms with Crippen LogP contribution in [0.15, 0.2) is 36.4 Å². The van der Waals surface area contributed by atoms with Crippen LogP contribution in [0.4, 0.5) is 5.69 Å². The highest BCUT2D eigenvalue weighted by Gasteiger charge is 2.21. The molecule has 2 aromatic rings. The maximum Gasteiger partial charge on any atom is 0.241 e. The van der Waals surface area contributed by atoms with Crippen molar-refractivity contribution in [2.75, 3.05) is 19.2 Å². The van der Waals surface area contributed by atoms with Crippen molar-refractivity contribution in [2.24, 2.45) is 0 Å². The van der Waals surface area contributed by atoms with Gasteiger partial charge in [-0.25, -0.2) is 0 Å². The highest BCUT2D eigenvalue weighted by atomic mass is 35.5. The van der Waals surface area contributed by atoms with Gasteiger partial charge in [-0.15, -0.1) is 0 Å². The number of rotatable bonds is 5. The summed E-state index contributed by atoms with van der Waals surface area (Å²) in [6.07, 6.45) is 0. The molecule has 0 saturated carbocycles. The summed E-state index contributed by atoms with van der Waals surface area (Å²) in [7, 11) is 1.88. The van der Waals surface area contributed by atoms with Crippen LogP contribution < -0.4 is 14.8 Å². The molecule has 132 valence electrons. The Hall–Kier alpha value is -1.95. The van der Waals surface area contributed by atoms with Gasteiger partial charge >= 0.3 is 0 Å². The van der Waals surface area contributed by atoms with Crippen molar-refractivity contribution in [3.8, 4) is 11.5 Å². The van der Waals surface area contributed by atoms with Gasteiger partial charge in [-0.1, -0.05) is 35.3 Å². The first-order chi connectivity index (χ1) is 12.0. The van der Waals surface area contributed by atoms with Gasteiger partial charge in [0.2, 0.25) is 12.7 Å². The minimum Gasteiger partial charge on any atom is -0.454 e. The van der Waals surface area contributed by atoms with E-state index >= 15 is 0 Å². The average Bonchev–Trinajstić information content (AvgIpc) is 3.06. The molecule has 7 heteroatoms. The third-order valence-corrected chi connectivity index (χ3v) is 4.94. The number of benzene rings is 2. The van der Waals surface area contributed by atoms with Crippen molar-refractivity contribution in [1.82, 2.24) is 4.90 Å². The monoisotopic (exact) mass is 380 g/mol. The zero-order valence-corrected chi connectivity index (χ0v) is 15.4. The number of nitrogens with one attached hydrogen (secondary N) is 1. The van der Waals surface area contributed by atoms with Gasteiger partial charge in [-0.3, -0.25) is 9.69 Å². The number of nitrogens with zero attached hydrogens (tertiary/aromatic N) is 1. The first-order valence-corrected chi connectivity index (χ1v) is 8.55. The van der Waals surface area contributed by atoms with Crippen molar-refractivity contribution >= 4 is 34.8 Å². The van der Waals surface area contributed by atoms with Crippen molar-refractivity contribution in [1.29, 1.82) is 0 Å². The van der Waals surface area contributed by atoms with E-state index < -0.39 is 0 Å². The molecule has 0 aromatic heterocycles. The second-order valence-electron chi connectivity index (χ2n) is 5.87. The molecule has 0 radical (unpaired) electrons. The van der Waals surface area contributed by atoms with E-state index in [4.69, 9.17) is 32.7 Å². The topological polar surface area (TPSA) is 50.8 Å².